The van der Waals surface area contributed by atoms with Gasteiger partial charge in [-0.05, 0) is 24.8 Å². The molecule has 1 atom stereocenters. The molecule has 0 saturated carbocycles. The molecular formula is C12H17NO3S. The monoisotopic (exact) mass is 255 g/mol. The second-order valence-corrected chi connectivity index (χ2v) is 5.32. The Morgan fingerprint density at radius 2 is 2.53 bits per heavy atom. The van der Waals surface area contributed by atoms with Crippen molar-refractivity contribution in [3.8, 4) is 0 Å². The van der Waals surface area contributed by atoms with Crippen LogP contribution in [-0.4, -0.2) is 30.8 Å². The van der Waals surface area contributed by atoms with Gasteiger partial charge in [-0.1, -0.05) is 0 Å². The van der Waals surface area contributed by atoms with Gasteiger partial charge < -0.3 is 15.2 Å². The molecule has 5 heteroatoms. The van der Waals surface area contributed by atoms with Crippen molar-refractivity contribution in [2.45, 2.75) is 19.4 Å². The maximum Gasteiger partial charge on any atom is 0.336 e. The van der Waals surface area contributed by atoms with Gasteiger partial charge in [0, 0.05) is 30.0 Å². The van der Waals surface area contributed by atoms with Gasteiger partial charge in [0.1, 0.15) is 0 Å². The van der Waals surface area contributed by atoms with Gasteiger partial charge in [-0.3, -0.25) is 0 Å². The Hall–Kier alpha value is -0.910. The third kappa shape index (κ3) is 3.80. The van der Waals surface area contributed by atoms with Crippen molar-refractivity contribution >= 4 is 17.3 Å². The fraction of sp³-hybridized carbons (Fsp3) is 0.583. The Labute approximate surface area is 105 Å². The van der Waals surface area contributed by atoms with E-state index >= 15 is 0 Å². The molecule has 2 N–H and O–H groups in total. The normalized spacial score (nSPS) is 20.4. The van der Waals surface area contributed by atoms with Crippen LogP contribution in [0.15, 0.2) is 11.4 Å². The Bertz CT molecular complexity index is 372. The number of ether oxygens (including phenoxy) is 1. The van der Waals surface area contributed by atoms with E-state index in [1.165, 1.54) is 17.8 Å². The summed E-state index contributed by atoms with van der Waals surface area (Å²) in [5.41, 5.74) is 0.382. The molecule has 0 bridgehead atoms. The van der Waals surface area contributed by atoms with E-state index in [2.05, 4.69) is 5.32 Å². The van der Waals surface area contributed by atoms with Crippen LogP contribution in [0.2, 0.25) is 0 Å². The summed E-state index contributed by atoms with van der Waals surface area (Å²) in [6.45, 7) is 3.43. The second-order valence-electron chi connectivity index (χ2n) is 4.32. The minimum atomic E-state index is -0.854. The first-order chi connectivity index (χ1) is 8.25. The number of hydrogen-bond acceptors (Lipinski definition) is 4. The predicted molar refractivity (Wildman–Crippen MR) is 66.5 cm³/mol. The summed E-state index contributed by atoms with van der Waals surface area (Å²) >= 11 is 1.49. The molecule has 2 heterocycles. The summed E-state index contributed by atoms with van der Waals surface area (Å²) in [6, 6.07) is 1.73. The Kier molecular flexibility index (Phi) is 4.53. The standard InChI is InChI=1S/C12H17NO3S/c14-12(15)10-4-11(17-8-10)6-13-5-9-2-1-3-16-7-9/h4,8-9,13H,1-3,5-7H2,(H,14,15). The van der Waals surface area contributed by atoms with Crippen molar-refractivity contribution in [1.29, 1.82) is 0 Å². The number of rotatable bonds is 5. The molecule has 4 nitrogen and oxygen atoms in total. The zero-order chi connectivity index (χ0) is 12.1. The molecule has 1 aromatic rings. The van der Waals surface area contributed by atoms with Crippen molar-refractivity contribution in [1.82, 2.24) is 5.32 Å². The first-order valence-corrected chi connectivity index (χ1v) is 6.73. The number of thiophene rings is 1. The molecule has 1 fully saturated rings. The molecule has 1 aliphatic heterocycles. The molecule has 0 amide bonds. The smallest absolute Gasteiger partial charge is 0.336 e. The Morgan fingerprint density at radius 1 is 1.65 bits per heavy atom. The highest BCUT2D eigenvalue weighted by Gasteiger charge is 2.13. The molecule has 1 unspecified atom stereocenters. The lowest BCUT2D eigenvalue weighted by atomic mass is 10.0. The fourth-order valence-corrected chi connectivity index (χ4v) is 2.78. The molecule has 0 aromatic carbocycles. The first-order valence-electron chi connectivity index (χ1n) is 5.85. The number of aromatic carboxylic acids is 1. The highest BCUT2D eigenvalue weighted by atomic mass is 32.1. The zero-order valence-electron chi connectivity index (χ0n) is 9.65. The van der Waals surface area contributed by atoms with Gasteiger partial charge in [-0.25, -0.2) is 4.79 Å². The highest BCUT2D eigenvalue weighted by Crippen LogP contribution is 2.15. The van der Waals surface area contributed by atoms with Gasteiger partial charge >= 0.3 is 5.97 Å². The second kappa shape index (κ2) is 6.14. The molecule has 2 rings (SSSR count). The zero-order valence-corrected chi connectivity index (χ0v) is 10.5. The molecule has 0 spiro atoms. The van der Waals surface area contributed by atoms with Gasteiger partial charge in [0.15, 0.2) is 0 Å². The molecular weight excluding hydrogens is 238 g/mol. The van der Waals surface area contributed by atoms with Crippen molar-refractivity contribution in [2.75, 3.05) is 19.8 Å². The summed E-state index contributed by atoms with van der Waals surface area (Å²) in [5.74, 6) is -0.254. The van der Waals surface area contributed by atoms with Crippen molar-refractivity contribution in [2.24, 2.45) is 5.92 Å². The van der Waals surface area contributed by atoms with Crippen LogP contribution in [0, 0.1) is 5.92 Å². The lowest BCUT2D eigenvalue weighted by Crippen LogP contribution is -2.28. The maximum absolute atomic E-state index is 10.7. The third-order valence-corrected chi connectivity index (χ3v) is 3.82. The molecule has 94 valence electrons. The van der Waals surface area contributed by atoms with E-state index in [9.17, 15) is 4.79 Å². The Morgan fingerprint density at radius 3 is 3.18 bits per heavy atom. The topological polar surface area (TPSA) is 58.6 Å². The SMILES string of the molecule is O=C(O)c1csc(CNCC2CCCOC2)c1. The van der Waals surface area contributed by atoms with E-state index in [1.54, 1.807) is 11.4 Å². The van der Waals surface area contributed by atoms with Gasteiger partial charge in [0.05, 0.1) is 12.2 Å². The van der Waals surface area contributed by atoms with Gasteiger partial charge in [-0.2, -0.15) is 0 Å². The molecule has 1 aromatic heterocycles. The fourth-order valence-electron chi connectivity index (χ4n) is 1.95. The van der Waals surface area contributed by atoms with Crippen LogP contribution >= 0.6 is 11.3 Å². The molecule has 0 radical (unpaired) electrons. The van der Waals surface area contributed by atoms with Crippen molar-refractivity contribution in [3.63, 3.8) is 0 Å². The van der Waals surface area contributed by atoms with Crippen LogP contribution in [0.5, 0.6) is 0 Å². The van der Waals surface area contributed by atoms with Crippen LogP contribution < -0.4 is 5.32 Å². The van der Waals surface area contributed by atoms with E-state index < -0.39 is 5.97 Å². The highest BCUT2D eigenvalue weighted by molar-refractivity contribution is 7.10. The lowest BCUT2D eigenvalue weighted by molar-refractivity contribution is 0.0548. The van der Waals surface area contributed by atoms with Crippen LogP contribution in [0.25, 0.3) is 0 Å². The lowest BCUT2D eigenvalue weighted by Gasteiger charge is -2.22. The number of carboxylic acids is 1. The van der Waals surface area contributed by atoms with E-state index in [0.717, 1.165) is 37.6 Å². The third-order valence-electron chi connectivity index (χ3n) is 2.89. The number of nitrogens with one attached hydrogen (secondary N) is 1. The van der Waals surface area contributed by atoms with Gasteiger partial charge in [-0.15, -0.1) is 11.3 Å². The Balaban J connectivity index is 1.71. The van der Waals surface area contributed by atoms with E-state index in [4.69, 9.17) is 9.84 Å². The average Bonchev–Trinajstić information content (AvgIpc) is 2.79. The van der Waals surface area contributed by atoms with Gasteiger partial charge in [0.2, 0.25) is 0 Å². The van der Waals surface area contributed by atoms with Crippen molar-refractivity contribution in [3.05, 3.63) is 21.9 Å². The molecule has 1 aliphatic rings. The maximum atomic E-state index is 10.7. The van der Waals surface area contributed by atoms with Crippen LogP contribution in [0.4, 0.5) is 0 Å². The molecule has 1 saturated heterocycles. The minimum absolute atomic E-state index is 0.382. The first kappa shape index (κ1) is 12.5. The van der Waals surface area contributed by atoms with Crippen molar-refractivity contribution < 1.29 is 14.6 Å². The van der Waals surface area contributed by atoms with Crippen LogP contribution in [0.3, 0.4) is 0 Å². The number of carboxylic acid groups (broad SMARTS) is 1. The molecule has 17 heavy (non-hydrogen) atoms. The summed E-state index contributed by atoms with van der Waals surface area (Å²) < 4.78 is 5.41. The summed E-state index contributed by atoms with van der Waals surface area (Å²) in [4.78, 5) is 11.8. The summed E-state index contributed by atoms with van der Waals surface area (Å²) in [5, 5.41) is 13.8. The van der Waals surface area contributed by atoms with E-state index in [0.29, 0.717) is 11.5 Å². The van der Waals surface area contributed by atoms with Crippen LogP contribution in [-0.2, 0) is 11.3 Å². The summed E-state index contributed by atoms with van der Waals surface area (Å²) in [6.07, 6.45) is 2.37. The number of hydrogen-bond donors (Lipinski definition) is 2. The largest absolute Gasteiger partial charge is 0.478 e. The van der Waals surface area contributed by atoms with E-state index in [1.807, 2.05) is 0 Å². The quantitative estimate of drug-likeness (QED) is 0.844. The number of carbonyl (C=O) groups is 1. The average molecular weight is 255 g/mol. The minimum Gasteiger partial charge on any atom is -0.478 e. The summed E-state index contributed by atoms with van der Waals surface area (Å²) in [7, 11) is 0. The van der Waals surface area contributed by atoms with Crippen LogP contribution in [0.1, 0.15) is 28.1 Å². The molecule has 0 aliphatic carbocycles. The van der Waals surface area contributed by atoms with Gasteiger partial charge in [0.25, 0.3) is 0 Å². The van der Waals surface area contributed by atoms with E-state index in [-0.39, 0.29) is 0 Å². The predicted octanol–water partition coefficient (Wildman–Crippen LogP) is 1.96.